The quantitative estimate of drug-likeness (QED) is 0.646. The van der Waals surface area contributed by atoms with Crippen molar-refractivity contribution in [3.05, 3.63) is 0 Å². The molecule has 4 heteroatoms. The van der Waals surface area contributed by atoms with E-state index in [9.17, 15) is 4.79 Å². The molecule has 0 N–H and O–H groups in total. The summed E-state index contributed by atoms with van der Waals surface area (Å²) >= 11 is 0. The lowest BCUT2D eigenvalue weighted by atomic mass is 10.1. The molecule has 0 radical (unpaired) electrons. The summed E-state index contributed by atoms with van der Waals surface area (Å²) in [5.41, 5.74) is -0.134. The lowest BCUT2D eigenvalue weighted by Crippen LogP contribution is -2.17. The minimum Gasteiger partial charge on any atom is -0.466 e. The van der Waals surface area contributed by atoms with Gasteiger partial charge in [0, 0.05) is 0 Å². The molecule has 1 rings (SSSR count). The van der Waals surface area contributed by atoms with Crippen LogP contribution in [0.3, 0.4) is 0 Å². The highest BCUT2D eigenvalue weighted by molar-refractivity contribution is 5.80. The topological polar surface area (TPSA) is 60.4 Å². The Morgan fingerprint density at radius 1 is 1.50 bits per heavy atom. The summed E-state index contributed by atoms with van der Waals surface area (Å²) in [5, 5.41) is 0. The molecule has 2 atom stereocenters. The number of carbonyl (C=O) groups excluding carboxylic acids is 3. The van der Waals surface area contributed by atoms with Gasteiger partial charge in [-0.1, -0.05) is 13.3 Å². The third-order valence-corrected chi connectivity index (χ3v) is 2.65. The highest BCUT2D eigenvalue weighted by atomic mass is 16.5. The van der Waals surface area contributed by atoms with Crippen LogP contribution in [0.25, 0.3) is 0 Å². The molecule has 1 aliphatic rings. The van der Waals surface area contributed by atoms with Crippen LogP contribution in [0.5, 0.6) is 0 Å². The largest absolute Gasteiger partial charge is 0.466 e. The van der Waals surface area contributed by atoms with Gasteiger partial charge >= 0.3 is 12.1 Å². The highest BCUT2D eigenvalue weighted by Crippen LogP contribution is 2.54. The van der Waals surface area contributed by atoms with Gasteiger partial charge in [0.05, 0.1) is 12.0 Å². The second-order valence-electron chi connectivity index (χ2n) is 3.53. The molecule has 14 heavy (non-hydrogen) atoms. The van der Waals surface area contributed by atoms with Crippen molar-refractivity contribution in [2.24, 2.45) is 11.3 Å². The number of carbonyl (C=O) groups is 1. The van der Waals surface area contributed by atoms with Gasteiger partial charge < -0.3 is 4.74 Å². The van der Waals surface area contributed by atoms with Crippen molar-refractivity contribution in [1.82, 2.24) is 0 Å². The van der Waals surface area contributed by atoms with Crippen LogP contribution in [0, 0.1) is 11.3 Å². The average Bonchev–Trinajstić information content (AvgIpc) is 2.81. The predicted octanol–water partition coefficient (Wildman–Crippen LogP) is 1.40. The first kappa shape index (κ1) is 12.8. The molecule has 0 aliphatic heterocycles. The van der Waals surface area contributed by atoms with Crippen molar-refractivity contribution in [2.45, 2.75) is 33.6 Å². The van der Waals surface area contributed by atoms with Gasteiger partial charge in [0.2, 0.25) is 0 Å². The van der Waals surface area contributed by atoms with Crippen molar-refractivity contribution in [2.75, 3.05) is 6.61 Å². The summed E-state index contributed by atoms with van der Waals surface area (Å²) in [7, 11) is 0. The van der Waals surface area contributed by atoms with Crippen LogP contribution >= 0.6 is 0 Å². The van der Waals surface area contributed by atoms with Crippen LogP contribution in [-0.4, -0.2) is 18.7 Å². The SMILES string of the molecule is CCOC(=O)[C@]1(C)C[C@H]1CC.O=C=O. The Morgan fingerprint density at radius 2 is 2.00 bits per heavy atom. The van der Waals surface area contributed by atoms with E-state index >= 15 is 0 Å². The van der Waals surface area contributed by atoms with E-state index in [4.69, 9.17) is 14.3 Å². The zero-order valence-corrected chi connectivity index (χ0v) is 8.83. The van der Waals surface area contributed by atoms with Crippen LogP contribution in [-0.2, 0) is 19.1 Å². The standard InChI is InChI=1S/C9H16O2.CO2/c1-4-7-6-9(7,3)8(10)11-5-2;2-1-3/h7H,4-6H2,1-3H3;/t7-,9-;/m1./s1. The van der Waals surface area contributed by atoms with Crippen LogP contribution in [0.15, 0.2) is 0 Å². The first-order chi connectivity index (χ1) is 6.56. The Labute approximate surface area is 83.6 Å². The van der Waals surface area contributed by atoms with E-state index in [-0.39, 0.29) is 17.5 Å². The van der Waals surface area contributed by atoms with E-state index in [0.29, 0.717) is 12.5 Å². The molecule has 0 saturated heterocycles. The fourth-order valence-electron chi connectivity index (χ4n) is 1.59. The molecule has 4 nitrogen and oxygen atoms in total. The fraction of sp³-hybridized carbons (Fsp3) is 0.800. The highest BCUT2D eigenvalue weighted by Gasteiger charge is 2.55. The summed E-state index contributed by atoms with van der Waals surface area (Å²) in [6, 6.07) is 0. The molecule has 0 spiro atoms. The number of rotatable bonds is 3. The van der Waals surface area contributed by atoms with Crippen molar-refractivity contribution in [1.29, 1.82) is 0 Å². The van der Waals surface area contributed by atoms with Gasteiger partial charge in [-0.3, -0.25) is 4.79 Å². The second kappa shape index (κ2) is 5.55. The van der Waals surface area contributed by atoms with Crippen molar-refractivity contribution in [3.8, 4) is 0 Å². The minimum absolute atomic E-state index is 0.00755. The molecule has 0 unspecified atom stereocenters. The van der Waals surface area contributed by atoms with Crippen LogP contribution in [0.1, 0.15) is 33.6 Å². The first-order valence-electron chi connectivity index (χ1n) is 4.73. The van der Waals surface area contributed by atoms with Gasteiger partial charge in [-0.2, -0.15) is 9.59 Å². The number of hydrogen-bond acceptors (Lipinski definition) is 4. The molecular formula is C10H16O4. The van der Waals surface area contributed by atoms with E-state index in [0.717, 1.165) is 12.8 Å². The van der Waals surface area contributed by atoms with Crippen LogP contribution < -0.4 is 0 Å². The molecule has 1 aliphatic carbocycles. The summed E-state index contributed by atoms with van der Waals surface area (Å²) in [6.07, 6.45) is 2.36. The molecule has 1 fully saturated rings. The molecular weight excluding hydrogens is 184 g/mol. The molecule has 1 saturated carbocycles. The maximum absolute atomic E-state index is 11.3. The summed E-state index contributed by atoms with van der Waals surface area (Å²) in [4.78, 5) is 27.5. The van der Waals surface area contributed by atoms with E-state index in [1.165, 1.54) is 0 Å². The van der Waals surface area contributed by atoms with E-state index in [1.54, 1.807) is 0 Å². The Morgan fingerprint density at radius 3 is 2.29 bits per heavy atom. The summed E-state index contributed by atoms with van der Waals surface area (Å²) < 4.78 is 4.96. The Bertz CT molecular complexity index is 230. The van der Waals surface area contributed by atoms with E-state index < -0.39 is 0 Å². The monoisotopic (exact) mass is 200 g/mol. The molecule has 0 aromatic heterocycles. The zero-order valence-electron chi connectivity index (χ0n) is 8.83. The predicted molar refractivity (Wildman–Crippen MR) is 48.1 cm³/mol. The Hall–Kier alpha value is -1.15. The van der Waals surface area contributed by atoms with Crippen molar-refractivity contribution in [3.63, 3.8) is 0 Å². The normalized spacial score (nSPS) is 28.1. The van der Waals surface area contributed by atoms with Crippen molar-refractivity contribution >= 4 is 12.1 Å². The zero-order chi connectivity index (χ0) is 11.2. The number of esters is 1. The van der Waals surface area contributed by atoms with E-state index in [2.05, 4.69) is 6.92 Å². The van der Waals surface area contributed by atoms with Gasteiger partial charge in [0.15, 0.2) is 0 Å². The molecule has 0 heterocycles. The Balaban J connectivity index is 0.000000500. The molecule has 0 bridgehead atoms. The molecule has 80 valence electrons. The summed E-state index contributed by atoms with van der Waals surface area (Å²) in [6.45, 7) is 6.48. The van der Waals surface area contributed by atoms with Gasteiger partial charge in [-0.25, -0.2) is 0 Å². The number of ether oxygens (including phenoxy) is 1. The second-order valence-corrected chi connectivity index (χ2v) is 3.53. The average molecular weight is 200 g/mol. The van der Waals surface area contributed by atoms with Crippen LogP contribution in [0.4, 0.5) is 0 Å². The Kier molecular flexibility index (Phi) is 5.10. The summed E-state index contributed by atoms with van der Waals surface area (Å²) in [5.74, 6) is 0.563. The third kappa shape index (κ3) is 2.96. The molecule has 0 amide bonds. The minimum atomic E-state index is -0.134. The lowest BCUT2D eigenvalue weighted by molar-refractivity contribution is -0.191. The van der Waals surface area contributed by atoms with Crippen molar-refractivity contribution < 1.29 is 19.1 Å². The third-order valence-electron chi connectivity index (χ3n) is 2.65. The van der Waals surface area contributed by atoms with Gasteiger partial charge in [0.1, 0.15) is 0 Å². The van der Waals surface area contributed by atoms with Crippen LogP contribution in [0.2, 0.25) is 0 Å². The molecule has 0 aromatic carbocycles. The van der Waals surface area contributed by atoms with E-state index in [1.807, 2.05) is 13.8 Å². The maximum atomic E-state index is 11.3. The van der Waals surface area contributed by atoms with Gasteiger partial charge in [-0.05, 0) is 26.2 Å². The number of hydrogen-bond donors (Lipinski definition) is 0. The lowest BCUT2D eigenvalue weighted by Gasteiger charge is -2.08. The fourth-order valence-corrected chi connectivity index (χ4v) is 1.59. The first-order valence-corrected chi connectivity index (χ1v) is 4.73. The van der Waals surface area contributed by atoms with Gasteiger partial charge in [0.25, 0.3) is 0 Å². The van der Waals surface area contributed by atoms with Gasteiger partial charge in [-0.15, -0.1) is 0 Å². The molecule has 0 aromatic rings. The smallest absolute Gasteiger partial charge is 0.373 e. The maximum Gasteiger partial charge on any atom is 0.373 e.